The Morgan fingerprint density at radius 3 is 2.39 bits per heavy atom. The maximum absolute atomic E-state index is 13.0. The molecule has 1 fully saturated rings. The number of amides is 1. The minimum absolute atomic E-state index is 0.0217. The maximum Gasteiger partial charge on any atom is 0.416 e. The van der Waals surface area contributed by atoms with Crippen molar-refractivity contribution in [3.63, 3.8) is 0 Å². The average molecular weight is 503 g/mol. The molecule has 1 aromatic heterocycles. The van der Waals surface area contributed by atoms with Crippen LogP contribution in [0.2, 0.25) is 0 Å². The number of anilines is 1. The molecule has 1 saturated heterocycles. The van der Waals surface area contributed by atoms with E-state index in [1.807, 2.05) is 23.6 Å². The Balaban J connectivity index is 1.98. The fourth-order valence-electron chi connectivity index (χ4n) is 4.57. The standard InChI is InChI=1S/C27H33F3N4O2/c1-17(2)23-16-33(11-12-34(23)24(35)10-13-36-5)26-20(15-31)14-22(25(32-26)18(3)4)19-6-8-21(9-7-19)27(28,29)30/h6-9,14,17-18,23H,10-13,16H2,1-5H3/t23-/m0/s1. The van der Waals surface area contributed by atoms with Crippen LogP contribution in [0.4, 0.5) is 19.0 Å². The highest BCUT2D eigenvalue weighted by Crippen LogP contribution is 2.36. The molecule has 0 bridgehead atoms. The summed E-state index contributed by atoms with van der Waals surface area (Å²) in [6, 6.07) is 8.85. The minimum atomic E-state index is -4.42. The normalized spacial score (nSPS) is 16.5. The molecular weight excluding hydrogens is 469 g/mol. The number of piperazine rings is 1. The molecule has 3 rings (SSSR count). The van der Waals surface area contributed by atoms with Crippen LogP contribution in [0.5, 0.6) is 0 Å². The number of rotatable bonds is 7. The number of carbonyl (C=O) groups excluding carboxylic acids is 1. The van der Waals surface area contributed by atoms with Crippen LogP contribution in [0.15, 0.2) is 30.3 Å². The predicted molar refractivity (Wildman–Crippen MR) is 133 cm³/mol. The van der Waals surface area contributed by atoms with Crippen molar-refractivity contribution in [3.8, 4) is 17.2 Å². The highest BCUT2D eigenvalue weighted by molar-refractivity contribution is 5.77. The largest absolute Gasteiger partial charge is 0.416 e. The summed E-state index contributed by atoms with van der Waals surface area (Å²) in [6.07, 6.45) is -4.10. The maximum atomic E-state index is 13.0. The summed E-state index contributed by atoms with van der Waals surface area (Å²) in [6.45, 7) is 10.0. The number of alkyl halides is 3. The Labute approximate surface area is 210 Å². The van der Waals surface area contributed by atoms with Gasteiger partial charge in [-0.3, -0.25) is 4.79 Å². The Hall–Kier alpha value is -3.12. The van der Waals surface area contributed by atoms with Gasteiger partial charge in [0, 0.05) is 32.3 Å². The van der Waals surface area contributed by atoms with Crippen molar-refractivity contribution in [2.75, 3.05) is 38.3 Å². The monoisotopic (exact) mass is 502 g/mol. The molecule has 1 aromatic carbocycles. The summed E-state index contributed by atoms with van der Waals surface area (Å²) >= 11 is 0. The first-order valence-electron chi connectivity index (χ1n) is 12.1. The van der Waals surface area contributed by atoms with E-state index in [1.54, 1.807) is 13.2 Å². The van der Waals surface area contributed by atoms with E-state index >= 15 is 0 Å². The third-order valence-corrected chi connectivity index (χ3v) is 6.55. The highest BCUT2D eigenvalue weighted by Gasteiger charge is 2.34. The Morgan fingerprint density at radius 1 is 1.19 bits per heavy atom. The predicted octanol–water partition coefficient (Wildman–Crippen LogP) is 5.47. The van der Waals surface area contributed by atoms with Gasteiger partial charge in [-0.15, -0.1) is 0 Å². The van der Waals surface area contributed by atoms with Crippen molar-refractivity contribution in [3.05, 3.63) is 47.2 Å². The molecule has 1 aliphatic heterocycles. The lowest BCUT2D eigenvalue weighted by Gasteiger charge is -2.44. The second-order valence-electron chi connectivity index (χ2n) is 9.72. The zero-order chi connectivity index (χ0) is 26.6. The zero-order valence-electron chi connectivity index (χ0n) is 21.4. The van der Waals surface area contributed by atoms with Gasteiger partial charge < -0.3 is 14.5 Å². The van der Waals surface area contributed by atoms with E-state index in [4.69, 9.17) is 9.72 Å². The molecule has 9 heteroatoms. The lowest BCUT2D eigenvalue weighted by molar-refractivity contribution is -0.137. The SMILES string of the molecule is COCCC(=O)N1CCN(c2nc(C(C)C)c(-c3ccc(C(F)(F)F)cc3)cc2C#N)C[C@H]1C(C)C. The molecule has 2 heterocycles. The molecule has 0 N–H and O–H groups in total. The molecule has 2 aromatic rings. The summed E-state index contributed by atoms with van der Waals surface area (Å²) in [4.78, 5) is 21.6. The number of hydrogen-bond donors (Lipinski definition) is 0. The highest BCUT2D eigenvalue weighted by atomic mass is 19.4. The van der Waals surface area contributed by atoms with Crippen LogP contribution in [0, 0.1) is 17.2 Å². The van der Waals surface area contributed by atoms with Crippen LogP contribution >= 0.6 is 0 Å². The van der Waals surface area contributed by atoms with Gasteiger partial charge in [-0.2, -0.15) is 18.4 Å². The molecule has 194 valence electrons. The summed E-state index contributed by atoms with van der Waals surface area (Å²) in [5, 5.41) is 9.97. The molecule has 36 heavy (non-hydrogen) atoms. The van der Waals surface area contributed by atoms with Gasteiger partial charge in [0.25, 0.3) is 0 Å². The van der Waals surface area contributed by atoms with E-state index in [-0.39, 0.29) is 23.8 Å². The fourth-order valence-corrected chi connectivity index (χ4v) is 4.57. The van der Waals surface area contributed by atoms with Gasteiger partial charge in [0.15, 0.2) is 0 Å². The van der Waals surface area contributed by atoms with Crippen LogP contribution in [0.1, 0.15) is 56.9 Å². The average Bonchev–Trinajstić information content (AvgIpc) is 2.85. The smallest absolute Gasteiger partial charge is 0.384 e. The van der Waals surface area contributed by atoms with E-state index in [2.05, 4.69) is 19.9 Å². The number of ether oxygens (including phenoxy) is 1. The molecule has 1 aliphatic rings. The summed E-state index contributed by atoms with van der Waals surface area (Å²) in [5.74, 6) is 0.767. The van der Waals surface area contributed by atoms with Gasteiger partial charge in [0.05, 0.1) is 35.9 Å². The Kier molecular flexibility index (Phi) is 8.62. The first-order valence-corrected chi connectivity index (χ1v) is 12.1. The molecule has 0 radical (unpaired) electrons. The van der Waals surface area contributed by atoms with Gasteiger partial charge in [-0.05, 0) is 35.6 Å². The van der Waals surface area contributed by atoms with Crippen LogP contribution < -0.4 is 4.90 Å². The molecule has 0 spiro atoms. The van der Waals surface area contributed by atoms with Crippen molar-refractivity contribution >= 4 is 11.7 Å². The summed E-state index contributed by atoms with van der Waals surface area (Å²) in [5.41, 5.74) is 1.57. The van der Waals surface area contributed by atoms with Gasteiger partial charge in [0.2, 0.25) is 5.91 Å². The van der Waals surface area contributed by atoms with Gasteiger partial charge >= 0.3 is 6.18 Å². The Bertz CT molecular complexity index is 1110. The van der Waals surface area contributed by atoms with E-state index in [0.29, 0.717) is 60.9 Å². The number of pyridine rings is 1. The number of nitrogens with zero attached hydrogens (tertiary/aromatic N) is 4. The summed E-state index contributed by atoms with van der Waals surface area (Å²) in [7, 11) is 1.57. The first-order chi connectivity index (χ1) is 17.0. The number of nitriles is 1. The zero-order valence-corrected chi connectivity index (χ0v) is 21.4. The van der Waals surface area contributed by atoms with E-state index in [1.165, 1.54) is 12.1 Å². The molecule has 1 atom stereocenters. The van der Waals surface area contributed by atoms with E-state index < -0.39 is 11.7 Å². The quantitative estimate of drug-likeness (QED) is 0.502. The van der Waals surface area contributed by atoms with Crippen LogP contribution in [-0.2, 0) is 15.7 Å². The van der Waals surface area contributed by atoms with Gasteiger partial charge in [-0.25, -0.2) is 4.98 Å². The second kappa shape index (κ2) is 11.3. The van der Waals surface area contributed by atoms with E-state index in [9.17, 15) is 23.2 Å². The number of aromatic nitrogens is 1. The molecule has 0 unspecified atom stereocenters. The van der Waals surface area contributed by atoms with Crippen molar-refractivity contribution in [1.82, 2.24) is 9.88 Å². The lowest BCUT2D eigenvalue weighted by Crippen LogP contribution is -2.57. The first kappa shape index (κ1) is 27.5. The third-order valence-electron chi connectivity index (χ3n) is 6.55. The molecule has 0 aliphatic carbocycles. The topological polar surface area (TPSA) is 69.5 Å². The number of carbonyl (C=O) groups is 1. The number of benzene rings is 1. The Morgan fingerprint density at radius 2 is 1.86 bits per heavy atom. The fraction of sp³-hybridized carbons (Fsp3) is 0.519. The van der Waals surface area contributed by atoms with Crippen LogP contribution in [0.3, 0.4) is 0 Å². The van der Waals surface area contributed by atoms with Crippen LogP contribution in [-0.4, -0.2) is 55.2 Å². The third kappa shape index (κ3) is 5.98. The lowest BCUT2D eigenvalue weighted by atomic mass is 9.94. The van der Waals surface area contributed by atoms with Crippen molar-refractivity contribution in [2.24, 2.45) is 5.92 Å². The van der Waals surface area contributed by atoms with Crippen molar-refractivity contribution in [1.29, 1.82) is 5.26 Å². The van der Waals surface area contributed by atoms with Gasteiger partial charge in [-0.1, -0.05) is 39.8 Å². The summed E-state index contributed by atoms with van der Waals surface area (Å²) < 4.78 is 44.2. The number of halogens is 3. The molecular formula is C27H33F3N4O2. The molecule has 0 saturated carbocycles. The second-order valence-corrected chi connectivity index (χ2v) is 9.72. The molecule has 6 nitrogen and oxygen atoms in total. The van der Waals surface area contributed by atoms with Crippen molar-refractivity contribution < 1.29 is 22.7 Å². The number of methoxy groups -OCH3 is 1. The van der Waals surface area contributed by atoms with E-state index in [0.717, 1.165) is 12.1 Å². The van der Waals surface area contributed by atoms with Gasteiger partial charge in [0.1, 0.15) is 11.9 Å². The number of hydrogen-bond acceptors (Lipinski definition) is 5. The van der Waals surface area contributed by atoms with Crippen molar-refractivity contribution in [2.45, 2.75) is 52.3 Å². The molecule has 1 amide bonds. The minimum Gasteiger partial charge on any atom is -0.384 e. The van der Waals surface area contributed by atoms with Crippen LogP contribution in [0.25, 0.3) is 11.1 Å².